The first kappa shape index (κ1) is 22.0. The Kier molecular flexibility index (Phi) is 6.03. The van der Waals surface area contributed by atoms with Gasteiger partial charge in [-0.05, 0) is 57.4 Å². The number of carbonyl (C=O) groups excluding carboxylic acids is 1. The number of carbonyl (C=O) groups is 1. The molecule has 1 aromatic heterocycles. The number of sulfone groups is 1. The van der Waals surface area contributed by atoms with Gasteiger partial charge in [0.15, 0.2) is 9.84 Å². The number of hydrogen-bond donors (Lipinski definition) is 1. The van der Waals surface area contributed by atoms with E-state index in [-0.39, 0.29) is 17.9 Å². The average molecular weight is 433 g/mol. The van der Waals surface area contributed by atoms with Crippen molar-refractivity contribution in [3.63, 3.8) is 0 Å². The molecule has 0 radical (unpaired) electrons. The van der Waals surface area contributed by atoms with Crippen LogP contribution in [0.25, 0.3) is 0 Å². The van der Waals surface area contributed by atoms with Crippen molar-refractivity contribution in [2.24, 2.45) is 0 Å². The molecule has 1 unspecified atom stereocenters. The summed E-state index contributed by atoms with van der Waals surface area (Å²) in [6.07, 6.45) is 3.31. The van der Waals surface area contributed by atoms with Crippen molar-refractivity contribution in [3.05, 3.63) is 47.3 Å². The molecule has 0 fully saturated rings. The monoisotopic (exact) mass is 432 g/mol. The van der Waals surface area contributed by atoms with Crippen molar-refractivity contribution in [1.82, 2.24) is 14.9 Å². The van der Waals surface area contributed by atoms with E-state index >= 15 is 0 Å². The van der Waals surface area contributed by atoms with Crippen molar-refractivity contribution in [1.29, 1.82) is 0 Å². The molecule has 1 aromatic carbocycles. The number of fused-ring (bicyclic) bond motifs is 1. The summed E-state index contributed by atoms with van der Waals surface area (Å²) >= 11 is 0. The number of aromatic nitrogens is 2. The highest BCUT2D eigenvalue weighted by Gasteiger charge is 2.32. The van der Waals surface area contributed by atoms with Gasteiger partial charge in [-0.3, -0.25) is 4.90 Å². The number of ether oxygens (including phenoxy) is 1. The molecule has 1 amide bonds. The molecule has 0 aliphatic carbocycles. The van der Waals surface area contributed by atoms with Crippen molar-refractivity contribution in [3.8, 4) is 0 Å². The quantitative estimate of drug-likeness (QED) is 0.787. The lowest BCUT2D eigenvalue weighted by atomic mass is 10.0. The standard InChI is InChI=1S/C21H28N4O4S/c1-14-18-16(10-11-25(14)20(26)29-21(2,3)4)12-22-19(24-18)23-17-8-6-15(7-9-17)13-30(5,27)28/h6-9,12,14H,10-11,13H2,1-5H3,(H,22,23,24). The first-order valence-electron chi connectivity index (χ1n) is 9.80. The molecular formula is C21H28N4O4S. The Morgan fingerprint density at radius 1 is 1.27 bits per heavy atom. The van der Waals surface area contributed by atoms with Crippen LogP contribution in [-0.2, 0) is 26.7 Å². The van der Waals surface area contributed by atoms with Gasteiger partial charge in [-0.1, -0.05) is 12.1 Å². The maximum Gasteiger partial charge on any atom is 0.410 e. The third-order valence-corrected chi connectivity index (χ3v) is 5.51. The molecule has 9 heteroatoms. The highest BCUT2D eigenvalue weighted by atomic mass is 32.2. The molecule has 8 nitrogen and oxygen atoms in total. The predicted molar refractivity (Wildman–Crippen MR) is 115 cm³/mol. The Balaban J connectivity index is 1.75. The Morgan fingerprint density at radius 3 is 2.53 bits per heavy atom. The minimum atomic E-state index is -3.08. The van der Waals surface area contributed by atoms with Gasteiger partial charge in [0.05, 0.1) is 17.5 Å². The molecule has 1 N–H and O–H groups in total. The fraction of sp³-hybridized carbons (Fsp3) is 0.476. The molecule has 0 spiro atoms. The zero-order valence-electron chi connectivity index (χ0n) is 18.0. The predicted octanol–water partition coefficient (Wildman–Crippen LogP) is 3.62. The van der Waals surface area contributed by atoms with Crippen LogP contribution in [0.2, 0.25) is 0 Å². The van der Waals surface area contributed by atoms with Crippen LogP contribution in [0.5, 0.6) is 0 Å². The van der Waals surface area contributed by atoms with E-state index in [1.54, 1.807) is 35.4 Å². The molecule has 3 rings (SSSR count). The third-order valence-electron chi connectivity index (χ3n) is 4.65. The second-order valence-electron chi connectivity index (χ2n) is 8.60. The number of amides is 1. The first-order valence-corrected chi connectivity index (χ1v) is 11.9. The lowest BCUT2D eigenvalue weighted by Crippen LogP contribution is -2.42. The van der Waals surface area contributed by atoms with Gasteiger partial charge in [-0.25, -0.2) is 23.2 Å². The molecule has 1 aliphatic rings. The van der Waals surface area contributed by atoms with Gasteiger partial charge in [0.2, 0.25) is 5.95 Å². The van der Waals surface area contributed by atoms with Crippen LogP contribution in [0.3, 0.4) is 0 Å². The topological polar surface area (TPSA) is 101 Å². The van der Waals surface area contributed by atoms with Gasteiger partial charge in [0.25, 0.3) is 0 Å². The Hall–Kier alpha value is -2.68. The molecule has 0 saturated carbocycles. The summed E-state index contributed by atoms with van der Waals surface area (Å²) in [5.41, 5.74) is 2.71. The van der Waals surface area contributed by atoms with E-state index in [0.717, 1.165) is 22.5 Å². The van der Waals surface area contributed by atoms with E-state index in [2.05, 4.69) is 15.3 Å². The van der Waals surface area contributed by atoms with Crippen molar-refractivity contribution < 1.29 is 17.9 Å². The number of rotatable bonds is 4. The van der Waals surface area contributed by atoms with Crippen LogP contribution in [0.1, 0.15) is 50.6 Å². The Bertz CT molecular complexity index is 1030. The Labute approximate surface area is 177 Å². The van der Waals surface area contributed by atoms with E-state index in [9.17, 15) is 13.2 Å². The second-order valence-corrected chi connectivity index (χ2v) is 10.7. The van der Waals surface area contributed by atoms with E-state index in [4.69, 9.17) is 4.74 Å². The molecule has 2 aromatic rings. The van der Waals surface area contributed by atoms with Crippen LogP contribution in [0.15, 0.2) is 30.5 Å². The fourth-order valence-corrected chi connectivity index (χ4v) is 4.10. The largest absolute Gasteiger partial charge is 0.444 e. The number of nitrogens with zero attached hydrogens (tertiary/aromatic N) is 3. The zero-order valence-corrected chi connectivity index (χ0v) is 18.8. The molecule has 30 heavy (non-hydrogen) atoms. The first-order chi connectivity index (χ1) is 13.9. The van der Waals surface area contributed by atoms with E-state index in [1.165, 1.54) is 6.26 Å². The SMILES string of the molecule is CC1c2nc(Nc3ccc(CS(C)(=O)=O)cc3)ncc2CCN1C(=O)OC(C)(C)C. The van der Waals surface area contributed by atoms with E-state index in [1.807, 2.05) is 27.7 Å². The van der Waals surface area contributed by atoms with Gasteiger partial charge in [-0.2, -0.15) is 0 Å². The summed E-state index contributed by atoms with van der Waals surface area (Å²) in [5.74, 6) is 0.420. The number of anilines is 2. The summed E-state index contributed by atoms with van der Waals surface area (Å²) < 4.78 is 28.4. The lowest BCUT2D eigenvalue weighted by molar-refractivity contribution is 0.0155. The molecule has 2 heterocycles. The van der Waals surface area contributed by atoms with Crippen LogP contribution in [0.4, 0.5) is 16.4 Å². The highest BCUT2D eigenvalue weighted by molar-refractivity contribution is 7.89. The minimum Gasteiger partial charge on any atom is -0.444 e. The maximum absolute atomic E-state index is 12.5. The molecule has 0 bridgehead atoms. The maximum atomic E-state index is 12.5. The van der Waals surface area contributed by atoms with Gasteiger partial charge in [-0.15, -0.1) is 0 Å². The van der Waals surface area contributed by atoms with Gasteiger partial charge >= 0.3 is 6.09 Å². The normalized spacial score (nSPS) is 16.7. The average Bonchev–Trinajstić information content (AvgIpc) is 2.61. The summed E-state index contributed by atoms with van der Waals surface area (Å²) in [7, 11) is -3.08. The van der Waals surface area contributed by atoms with Gasteiger partial charge < -0.3 is 10.1 Å². The van der Waals surface area contributed by atoms with Crippen LogP contribution < -0.4 is 5.32 Å². The molecule has 0 saturated heterocycles. The van der Waals surface area contributed by atoms with E-state index in [0.29, 0.717) is 18.9 Å². The number of hydrogen-bond acceptors (Lipinski definition) is 7. The van der Waals surface area contributed by atoms with Crippen molar-refractivity contribution in [2.75, 3.05) is 18.1 Å². The minimum absolute atomic E-state index is 0.000635. The van der Waals surface area contributed by atoms with Gasteiger partial charge in [0.1, 0.15) is 5.60 Å². The van der Waals surface area contributed by atoms with E-state index < -0.39 is 15.4 Å². The third kappa shape index (κ3) is 5.69. The van der Waals surface area contributed by atoms with Crippen molar-refractivity contribution >= 4 is 27.6 Å². The summed E-state index contributed by atoms with van der Waals surface area (Å²) in [6.45, 7) is 8.02. The number of nitrogens with one attached hydrogen (secondary N) is 1. The summed E-state index contributed by atoms with van der Waals surface area (Å²) in [5, 5.41) is 3.14. The highest BCUT2D eigenvalue weighted by Crippen LogP contribution is 2.30. The Morgan fingerprint density at radius 2 is 1.93 bits per heavy atom. The molecule has 1 atom stereocenters. The van der Waals surface area contributed by atoms with Crippen LogP contribution in [0, 0.1) is 0 Å². The summed E-state index contributed by atoms with van der Waals surface area (Å²) in [4.78, 5) is 23.2. The molecule has 1 aliphatic heterocycles. The number of benzene rings is 1. The molecular weight excluding hydrogens is 404 g/mol. The van der Waals surface area contributed by atoms with Crippen LogP contribution >= 0.6 is 0 Å². The smallest absolute Gasteiger partial charge is 0.410 e. The fourth-order valence-electron chi connectivity index (χ4n) is 3.30. The summed E-state index contributed by atoms with van der Waals surface area (Å²) in [6, 6.07) is 6.87. The van der Waals surface area contributed by atoms with Gasteiger partial charge in [0, 0.05) is 24.7 Å². The van der Waals surface area contributed by atoms with Crippen LogP contribution in [-0.4, -0.2) is 47.8 Å². The van der Waals surface area contributed by atoms with Crippen molar-refractivity contribution in [2.45, 2.75) is 51.5 Å². The lowest BCUT2D eigenvalue weighted by Gasteiger charge is -2.35. The molecule has 162 valence electrons. The second kappa shape index (κ2) is 8.22. The zero-order chi connectivity index (χ0) is 22.1.